The van der Waals surface area contributed by atoms with Crippen molar-refractivity contribution in [3.8, 4) is 0 Å². The molecular weight excluding hydrogens is 118 g/mol. The number of nitrogens with zero attached hydrogens (tertiary/aromatic N) is 1. The third-order valence-electron chi connectivity index (χ3n) is 1.81. The number of thioether (sulfide) groups is 1. The molecule has 0 N–H and O–H groups in total. The summed E-state index contributed by atoms with van der Waals surface area (Å²) in [4.78, 5) is 4.38. The fourth-order valence-corrected chi connectivity index (χ4v) is 2.51. The molecule has 1 heterocycles. The first-order chi connectivity index (χ1) is 3.97. The van der Waals surface area contributed by atoms with Crippen molar-refractivity contribution in [3.63, 3.8) is 0 Å². The van der Waals surface area contributed by atoms with Gasteiger partial charge in [-0.3, -0.25) is 4.99 Å². The van der Waals surface area contributed by atoms with Crippen molar-refractivity contribution in [3.05, 3.63) is 0 Å². The van der Waals surface area contributed by atoms with Crippen LogP contribution in [0.4, 0.5) is 0 Å². The smallest absolute Gasteiger partial charge is 0.0850 e. The van der Waals surface area contributed by atoms with Gasteiger partial charge in [0.25, 0.3) is 0 Å². The Morgan fingerprint density at radius 2 is 2.62 bits per heavy atom. The van der Waals surface area contributed by atoms with Crippen LogP contribution >= 0.6 is 11.8 Å². The first-order valence-electron chi connectivity index (χ1n) is 3.11. The molecule has 1 fully saturated rings. The Morgan fingerprint density at radius 1 is 1.62 bits per heavy atom. The molecule has 0 aromatic rings. The Labute approximate surface area is 53.6 Å². The topological polar surface area (TPSA) is 12.4 Å². The van der Waals surface area contributed by atoms with Gasteiger partial charge in [0.05, 0.1) is 5.88 Å². The predicted octanol–water partition coefficient (Wildman–Crippen LogP) is 1.68. The van der Waals surface area contributed by atoms with Crippen molar-refractivity contribution in [2.75, 3.05) is 5.88 Å². The van der Waals surface area contributed by atoms with Gasteiger partial charge in [-0.25, -0.2) is 0 Å². The molecule has 0 aromatic heterocycles. The van der Waals surface area contributed by atoms with E-state index < -0.39 is 0 Å². The highest BCUT2D eigenvalue weighted by molar-refractivity contribution is 8.01. The normalized spacial score (nSPS) is 35.0. The van der Waals surface area contributed by atoms with E-state index in [2.05, 4.69) is 4.99 Å². The summed E-state index contributed by atoms with van der Waals surface area (Å²) in [7, 11) is 0. The van der Waals surface area contributed by atoms with Crippen LogP contribution in [0.1, 0.15) is 19.3 Å². The number of rotatable bonds is 0. The van der Waals surface area contributed by atoms with Gasteiger partial charge in [-0.05, 0) is 19.3 Å². The maximum Gasteiger partial charge on any atom is 0.0850 e. The molecule has 1 saturated carbocycles. The molecule has 1 nitrogen and oxygen atoms in total. The summed E-state index contributed by atoms with van der Waals surface area (Å²) in [5.41, 5.74) is 1.50. The minimum Gasteiger partial charge on any atom is -0.282 e. The van der Waals surface area contributed by atoms with E-state index >= 15 is 0 Å². The lowest BCUT2D eigenvalue weighted by atomic mass is 10.3. The summed E-state index contributed by atoms with van der Waals surface area (Å²) < 4.78 is 0. The third kappa shape index (κ3) is 0.591. The summed E-state index contributed by atoms with van der Waals surface area (Å²) in [6, 6.07) is 0. The van der Waals surface area contributed by atoms with E-state index in [1.807, 2.05) is 11.8 Å². The molecular formula is C6H9NS. The standard InChI is InChI=1S/C6H9NS/c1-2-5-6(3-1)8-4-7-5/h6H,1-4H2. The molecule has 2 heteroatoms. The molecule has 1 atom stereocenters. The average Bonchev–Trinajstić information content (AvgIpc) is 2.15. The predicted molar refractivity (Wildman–Crippen MR) is 37.5 cm³/mol. The number of hydrogen-bond acceptors (Lipinski definition) is 2. The Balaban J connectivity index is 2.20. The minimum absolute atomic E-state index is 0.843. The van der Waals surface area contributed by atoms with E-state index in [-0.39, 0.29) is 0 Å². The molecule has 8 heavy (non-hydrogen) atoms. The van der Waals surface area contributed by atoms with Gasteiger partial charge in [0.1, 0.15) is 0 Å². The van der Waals surface area contributed by atoms with Gasteiger partial charge in [0.2, 0.25) is 0 Å². The number of aliphatic imine (C=N–C) groups is 1. The van der Waals surface area contributed by atoms with Crippen LogP contribution in [0.25, 0.3) is 0 Å². The molecule has 44 valence electrons. The number of hydrogen-bond donors (Lipinski definition) is 0. The Morgan fingerprint density at radius 3 is 3.50 bits per heavy atom. The van der Waals surface area contributed by atoms with E-state index in [1.54, 1.807) is 0 Å². The fourth-order valence-electron chi connectivity index (χ4n) is 1.37. The van der Waals surface area contributed by atoms with Gasteiger partial charge in [-0.2, -0.15) is 0 Å². The van der Waals surface area contributed by atoms with Crippen LogP contribution in [0.15, 0.2) is 4.99 Å². The van der Waals surface area contributed by atoms with Crippen molar-refractivity contribution in [2.24, 2.45) is 4.99 Å². The van der Waals surface area contributed by atoms with E-state index in [9.17, 15) is 0 Å². The summed E-state index contributed by atoms with van der Waals surface area (Å²) in [5, 5.41) is 0.843. The monoisotopic (exact) mass is 127 g/mol. The van der Waals surface area contributed by atoms with Gasteiger partial charge >= 0.3 is 0 Å². The van der Waals surface area contributed by atoms with Crippen molar-refractivity contribution in [1.82, 2.24) is 0 Å². The molecule has 1 aliphatic heterocycles. The van der Waals surface area contributed by atoms with Crippen LogP contribution in [0.3, 0.4) is 0 Å². The zero-order chi connectivity index (χ0) is 5.40. The average molecular weight is 127 g/mol. The molecule has 0 spiro atoms. The molecule has 0 bridgehead atoms. The molecule has 0 aromatic carbocycles. The highest BCUT2D eigenvalue weighted by atomic mass is 32.2. The summed E-state index contributed by atoms with van der Waals surface area (Å²) in [6.07, 6.45) is 4.07. The molecule has 0 radical (unpaired) electrons. The lowest BCUT2D eigenvalue weighted by Gasteiger charge is -1.95. The van der Waals surface area contributed by atoms with E-state index in [0.717, 1.165) is 11.1 Å². The molecule has 2 aliphatic rings. The van der Waals surface area contributed by atoms with Crippen LogP contribution in [0, 0.1) is 0 Å². The Bertz CT molecular complexity index is 130. The van der Waals surface area contributed by atoms with Gasteiger partial charge < -0.3 is 0 Å². The lowest BCUT2D eigenvalue weighted by Crippen LogP contribution is -2.01. The molecule has 0 amide bonds. The number of fused-ring (bicyclic) bond motifs is 1. The first-order valence-corrected chi connectivity index (χ1v) is 4.16. The minimum atomic E-state index is 0.843. The molecule has 0 saturated heterocycles. The first kappa shape index (κ1) is 4.86. The maximum absolute atomic E-state index is 4.38. The SMILES string of the molecule is C1CC2=NCSC2C1. The summed E-state index contributed by atoms with van der Waals surface area (Å²) >= 11 is 2.01. The van der Waals surface area contributed by atoms with E-state index in [1.165, 1.54) is 25.0 Å². The van der Waals surface area contributed by atoms with Crippen LogP contribution < -0.4 is 0 Å². The van der Waals surface area contributed by atoms with Crippen LogP contribution in [-0.2, 0) is 0 Å². The zero-order valence-corrected chi connectivity index (χ0v) is 5.58. The zero-order valence-electron chi connectivity index (χ0n) is 4.76. The molecule has 2 rings (SSSR count). The van der Waals surface area contributed by atoms with E-state index in [4.69, 9.17) is 0 Å². The van der Waals surface area contributed by atoms with Crippen molar-refractivity contribution in [1.29, 1.82) is 0 Å². The molecule has 1 aliphatic carbocycles. The second-order valence-electron chi connectivity index (χ2n) is 2.33. The highest BCUT2D eigenvalue weighted by Crippen LogP contribution is 2.32. The van der Waals surface area contributed by atoms with E-state index in [0.29, 0.717) is 0 Å². The molecule has 1 unspecified atom stereocenters. The largest absolute Gasteiger partial charge is 0.282 e. The summed E-state index contributed by atoms with van der Waals surface area (Å²) in [6.45, 7) is 0. The van der Waals surface area contributed by atoms with Crippen molar-refractivity contribution < 1.29 is 0 Å². The van der Waals surface area contributed by atoms with Crippen LogP contribution in [-0.4, -0.2) is 16.8 Å². The van der Waals surface area contributed by atoms with Gasteiger partial charge in [0, 0.05) is 11.0 Å². The van der Waals surface area contributed by atoms with Crippen LogP contribution in [0.2, 0.25) is 0 Å². The van der Waals surface area contributed by atoms with Gasteiger partial charge in [-0.1, -0.05) is 0 Å². The Hall–Kier alpha value is 0.0200. The Kier molecular flexibility index (Phi) is 1.07. The maximum atomic E-state index is 4.38. The second kappa shape index (κ2) is 1.76. The lowest BCUT2D eigenvalue weighted by molar-refractivity contribution is 0.893. The highest BCUT2D eigenvalue weighted by Gasteiger charge is 2.25. The quantitative estimate of drug-likeness (QED) is 0.482. The van der Waals surface area contributed by atoms with Gasteiger partial charge in [0.15, 0.2) is 0 Å². The van der Waals surface area contributed by atoms with Crippen LogP contribution in [0.5, 0.6) is 0 Å². The van der Waals surface area contributed by atoms with Gasteiger partial charge in [-0.15, -0.1) is 11.8 Å². The third-order valence-corrected chi connectivity index (χ3v) is 3.00. The second-order valence-corrected chi connectivity index (χ2v) is 3.49. The summed E-state index contributed by atoms with van der Waals surface area (Å²) in [5.74, 6) is 1.04. The fraction of sp³-hybridized carbons (Fsp3) is 0.833. The van der Waals surface area contributed by atoms with Crippen molar-refractivity contribution >= 4 is 17.5 Å². The van der Waals surface area contributed by atoms with Crippen molar-refractivity contribution in [2.45, 2.75) is 24.5 Å².